The highest BCUT2D eigenvalue weighted by Gasteiger charge is 2.50. The van der Waals surface area contributed by atoms with E-state index in [0.717, 1.165) is 0 Å². The molecule has 1 aromatic carbocycles. The number of nitro groups is 1. The monoisotopic (exact) mass is 353 g/mol. The van der Waals surface area contributed by atoms with Crippen LogP contribution in [-0.4, -0.2) is 23.2 Å². The topological polar surface area (TPSA) is 61.6 Å². The molecule has 7 heteroatoms. The van der Waals surface area contributed by atoms with Crippen LogP contribution in [0.1, 0.15) is 33.3 Å². The number of hydrogen-bond donors (Lipinski definition) is 0. The summed E-state index contributed by atoms with van der Waals surface area (Å²) in [5.74, 6) is 1.70. The zero-order chi connectivity index (χ0) is 15.8. The lowest BCUT2D eigenvalue weighted by Gasteiger charge is -2.32. The maximum absolute atomic E-state index is 11.1. The Hall–Kier alpha value is -1.18. The van der Waals surface area contributed by atoms with Gasteiger partial charge in [-0.25, -0.2) is 0 Å². The highest BCUT2D eigenvalue weighted by Crippen LogP contribution is 2.37. The van der Waals surface area contributed by atoms with Crippen molar-refractivity contribution in [3.05, 3.63) is 44.3 Å². The Labute approximate surface area is 132 Å². The van der Waals surface area contributed by atoms with E-state index < -0.39 is 23.2 Å². The molecule has 21 heavy (non-hydrogen) atoms. The van der Waals surface area contributed by atoms with Crippen molar-refractivity contribution in [3.63, 3.8) is 0 Å². The molecule has 1 heterocycles. The largest absolute Gasteiger partial charge is 0.487 e. The molecule has 5 nitrogen and oxygen atoms in total. The van der Waals surface area contributed by atoms with Gasteiger partial charge in [-0.3, -0.25) is 10.1 Å². The van der Waals surface area contributed by atoms with Crippen molar-refractivity contribution < 1.29 is 14.2 Å². The lowest BCUT2D eigenvalue weighted by Crippen LogP contribution is -2.41. The number of halogens is 1. The minimum absolute atomic E-state index is 0.0390. The summed E-state index contributed by atoms with van der Waals surface area (Å²) in [7, 11) is -0.516. The van der Waals surface area contributed by atoms with Crippen molar-refractivity contribution in [3.8, 4) is 0 Å². The van der Waals surface area contributed by atoms with E-state index in [-0.39, 0.29) is 5.69 Å². The minimum Gasteiger partial charge on any atom is -0.400 e. The maximum Gasteiger partial charge on any atom is 0.487 e. The Morgan fingerprint density at radius 3 is 2.33 bits per heavy atom. The average Bonchev–Trinajstić information content (AvgIpc) is 2.56. The van der Waals surface area contributed by atoms with E-state index in [1.165, 1.54) is 6.07 Å². The Morgan fingerprint density at radius 2 is 1.81 bits per heavy atom. The summed E-state index contributed by atoms with van der Waals surface area (Å²) in [6.07, 6.45) is 1.66. The number of nitro benzene ring substituents is 1. The van der Waals surface area contributed by atoms with Gasteiger partial charge in [-0.2, -0.15) is 0 Å². The summed E-state index contributed by atoms with van der Waals surface area (Å²) in [5.41, 5.74) is -0.295. The van der Waals surface area contributed by atoms with Crippen LogP contribution in [0, 0.1) is 10.1 Å². The van der Waals surface area contributed by atoms with Gasteiger partial charge in [0.05, 0.1) is 21.7 Å². The van der Waals surface area contributed by atoms with Gasteiger partial charge in [-0.15, -0.1) is 0 Å². The molecule has 0 aromatic heterocycles. The molecule has 1 fully saturated rings. The van der Waals surface area contributed by atoms with E-state index in [9.17, 15) is 10.1 Å². The van der Waals surface area contributed by atoms with Gasteiger partial charge in [0.25, 0.3) is 5.69 Å². The molecule has 0 atom stereocenters. The van der Waals surface area contributed by atoms with Crippen LogP contribution in [0.4, 0.5) is 5.69 Å². The van der Waals surface area contributed by atoms with Crippen molar-refractivity contribution in [2.75, 3.05) is 0 Å². The van der Waals surface area contributed by atoms with Crippen LogP contribution >= 0.6 is 15.9 Å². The van der Waals surface area contributed by atoms with Gasteiger partial charge in [-0.05, 0) is 39.8 Å². The molecule has 0 saturated carbocycles. The first-order chi connectivity index (χ1) is 9.62. The number of nitrogens with zero attached hydrogens (tertiary/aromatic N) is 1. The van der Waals surface area contributed by atoms with Crippen LogP contribution in [0.5, 0.6) is 0 Å². The fraction of sp³-hybridized carbons (Fsp3) is 0.429. The third kappa shape index (κ3) is 3.36. The molecule has 0 spiro atoms. The fourth-order valence-electron chi connectivity index (χ4n) is 1.97. The van der Waals surface area contributed by atoms with Crippen molar-refractivity contribution in [1.82, 2.24) is 0 Å². The third-order valence-corrected chi connectivity index (χ3v) is 4.39. The highest BCUT2D eigenvalue weighted by molar-refractivity contribution is 9.10. The van der Waals surface area contributed by atoms with Crippen LogP contribution in [0.25, 0.3) is 6.08 Å². The first kappa shape index (κ1) is 16.2. The SMILES string of the molecule is CC1(C)OB(/C=C/c2ccc(Br)cc2[N+](=O)[O-])OC1(C)C. The van der Waals surface area contributed by atoms with Crippen LogP contribution in [0.15, 0.2) is 28.6 Å². The summed E-state index contributed by atoms with van der Waals surface area (Å²) in [5, 5.41) is 11.1. The number of benzene rings is 1. The van der Waals surface area contributed by atoms with Gasteiger partial charge in [0.1, 0.15) is 0 Å². The van der Waals surface area contributed by atoms with E-state index in [2.05, 4.69) is 15.9 Å². The van der Waals surface area contributed by atoms with E-state index in [4.69, 9.17) is 9.31 Å². The highest BCUT2D eigenvalue weighted by atomic mass is 79.9. The van der Waals surface area contributed by atoms with Crippen molar-refractivity contribution in [2.24, 2.45) is 0 Å². The van der Waals surface area contributed by atoms with Crippen LogP contribution in [0.2, 0.25) is 0 Å². The second-order valence-electron chi connectivity index (χ2n) is 5.94. The Morgan fingerprint density at radius 1 is 1.24 bits per heavy atom. The van der Waals surface area contributed by atoms with E-state index in [1.54, 1.807) is 24.2 Å². The summed E-state index contributed by atoms with van der Waals surface area (Å²) in [6.45, 7) is 7.84. The van der Waals surface area contributed by atoms with E-state index >= 15 is 0 Å². The molecule has 2 rings (SSSR count). The third-order valence-electron chi connectivity index (χ3n) is 3.89. The molecule has 0 N–H and O–H groups in total. The predicted octanol–water partition coefficient (Wildman–Crippen LogP) is 4.00. The predicted molar refractivity (Wildman–Crippen MR) is 85.9 cm³/mol. The molecule has 0 aliphatic carbocycles. The molecular weight excluding hydrogens is 337 g/mol. The maximum atomic E-state index is 11.1. The van der Waals surface area contributed by atoms with Gasteiger partial charge in [0, 0.05) is 10.5 Å². The van der Waals surface area contributed by atoms with Gasteiger partial charge in [0.15, 0.2) is 0 Å². The zero-order valence-electron chi connectivity index (χ0n) is 12.4. The van der Waals surface area contributed by atoms with Gasteiger partial charge < -0.3 is 9.31 Å². The summed E-state index contributed by atoms with van der Waals surface area (Å²) in [4.78, 5) is 10.7. The van der Waals surface area contributed by atoms with E-state index in [1.807, 2.05) is 27.7 Å². The second kappa shape index (κ2) is 5.55. The minimum atomic E-state index is -0.516. The molecule has 1 aliphatic heterocycles. The summed E-state index contributed by atoms with van der Waals surface area (Å²) in [6, 6.07) is 4.92. The first-order valence-corrected chi connectivity index (χ1v) is 7.39. The van der Waals surface area contributed by atoms with Crippen molar-refractivity contribution >= 4 is 34.8 Å². The second-order valence-corrected chi connectivity index (χ2v) is 6.86. The Kier molecular flexibility index (Phi) is 4.28. The molecule has 0 bridgehead atoms. The molecule has 0 unspecified atom stereocenters. The van der Waals surface area contributed by atoms with E-state index in [0.29, 0.717) is 10.0 Å². The lowest BCUT2D eigenvalue weighted by atomic mass is 9.89. The fourth-order valence-corrected chi connectivity index (χ4v) is 2.31. The number of rotatable bonds is 3. The summed E-state index contributed by atoms with van der Waals surface area (Å²) < 4.78 is 12.3. The average molecular weight is 354 g/mol. The quantitative estimate of drug-likeness (QED) is 0.468. The standard InChI is InChI=1S/C14H17BBrNO4/c1-13(2)14(3,4)21-15(20-13)8-7-10-5-6-11(16)9-12(10)17(18)19/h5-9H,1-4H3/b8-7+. The van der Waals surface area contributed by atoms with Gasteiger partial charge >= 0.3 is 7.12 Å². The van der Waals surface area contributed by atoms with Gasteiger partial charge in [-0.1, -0.05) is 28.0 Å². The van der Waals surface area contributed by atoms with Crippen LogP contribution in [-0.2, 0) is 9.31 Å². The molecule has 0 amide bonds. The first-order valence-electron chi connectivity index (χ1n) is 6.60. The Balaban J connectivity index is 2.22. The molecular formula is C14H17BBrNO4. The molecule has 1 aromatic rings. The summed E-state index contributed by atoms with van der Waals surface area (Å²) >= 11 is 3.23. The van der Waals surface area contributed by atoms with Gasteiger partial charge in [0.2, 0.25) is 0 Å². The zero-order valence-corrected chi connectivity index (χ0v) is 14.0. The van der Waals surface area contributed by atoms with Crippen molar-refractivity contribution in [2.45, 2.75) is 38.9 Å². The number of hydrogen-bond acceptors (Lipinski definition) is 4. The van der Waals surface area contributed by atoms with Crippen molar-refractivity contribution in [1.29, 1.82) is 0 Å². The van der Waals surface area contributed by atoms with Crippen LogP contribution < -0.4 is 0 Å². The van der Waals surface area contributed by atoms with Crippen LogP contribution in [0.3, 0.4) is 0 Å². The smallest absolute Gasteiger partial charge is 0.400 e. The molecule has 112 valence electrons. The normalized spacial score (nSPS) is 20.1. The molecule has 0 radical (unpaired) electrons. The Bertz CT molecular complexity index is 585. The molecule has 1 saturated heterocycles. The lowest BCUT2D eigenvalue weighted by molar-refractivity contribution is -0.385. The molecule has 1 aliphatic rings.